The minimum Gasteiger partial charge on any atom is -0.382 e. The maximum absolute atomic E-state index is 12.4. The Hall–Kier alpha value is -1.59. The van der Waals surface area contributed by atoms with Crippen LogP contribution in [0.25, 0.3) is 10.6 Å². The van der Waals surface area contributed by atoms with Crippen molar-refractivity contribution in [2.24, 2.45) is 0 Å². The van der Waals surface area contributed by atoms with E-state index in [0.29, 0.717) is 38.4 Å². The summed E-state index contributed by atoms with van der Waals surface area (Å²) in [6.07, 6.45) is 5.41. The minimum absolute atomic E-state index is 0.398. The minimum atomic E-state index is -3.39. The average Bonchev–Trinajstić information content (AvgIpc) is 3.09. The van der Waals surface area contributed by atoms with Gasteiger partial charge in [-0.05, 0) is 24.5 Å². The summed E-state index contributed by atoms with van der Waals surface area (Å²) in [4.78, 5) is 10.8. The number of thiophene rings is 1. The molecule has 2 N–H and O–H groups in total. The zero-order chi connectivity index (χ0) is 19.2. The van der Waals surface area contributed by atoms with Crippen LogP contribution in [0.3, 0.4) is 0 Å². The van der Waals surface area contributed by atoms with Crippen LogP contribution in [0.5, 0.6) is 0 Å². The number of piperidine rings is 1. The standard InChI is InChI=1S/C17H23N5O3S2/c1-21(2)27(23,24)22-6-4-17(5-7-22)12-9-15(26-14(12)3-8-25-17)13-10-20-16(18)11-19-13/h9-11H,3-8H2,1-2H3,(H2,18,20). The number of nitrogens with two attached hydrogens (primary N) is 1. The SMILES string of the molecule is CN(C)S(=O)(=O)N1CCC2(CC1)OCCc1sc(-c3cnc(N)cn3)cc12. The largest absolute Gasteiger partial charge is 0.382 e. The van der Waals surface area contributed by atoms with Gasteiger partial charge >= 0.3 is 0 Å². The molecular formula is C17H23N5O3S2. The molecule has 1 spiro atoms. The predicted octanol–water partition coefficient (Wildman–Crippen LogP) is 1.46. The lowest BCUT2D eigenvalue weighted by Gasteiger charge is -2.43. The van der Waals surface area contributed by atoms with Crippen molar-refractivity contribution in [3.63, 3.8) is 0 Å². The molecule has 4 rings (SSSR count). The van der Waals surface area contributed by atoms with Crippen LogP contribution in [0, 0.1) is 0 Å². The van der Waals surface area contributed by atoms with Gasteiger partial charge < -0.3 is 10.5 Å². The first kappa shape index (κ1) is 18.8. The van der Waals surface area contributed by atoms with E-state index >= 15 is 0 Å². The van der Waals surface area contributed by atoms with Gasteiger partial charge in [0.2, 0.25) is 0 Å². The average molecular weight is 410 g/mol. The maximum Gasteiger partial charge on any atom is 0.281 e. The second kappa shape index (κ2) is 6.78. The normalized spacial score (nSPS) is 20.1. The highest BCUT2D eigenvalue weighted by molar-refractivity contribution is 7.86. The molecule has 0 unspecified atom stereocenters. The fourth-order valence-corrected chi connectivity index (χ4v) is 6.03. The topological polar surface area (TPSA) is 102 Å². The van der Waals surface area contributed by atoms with Crippen LogP contribution >= 0.6 is 11.3 Å². The second-order valence-electron chi connectivity index (χ2n) is 7.06. The summed E-state index contributed by atoms with van der Waals surface area (Å²) in [6, 6.07) is 2.13. The summed E-state index contributed by atoms with van der Waals surface area (Å²) < 4.78 is 33.9. The van der Waals surface area contributed by atoms with Crippen molar-refractivity contribution in [2.75, 3.05) is 39.5 Å². The quantitative estimate of drug-likeness (QED) is 0.823. The van der Waals surface area contributed by atoms with Crippen molar-refractivity contribution in [1.82, 2.24) is 18.6 Å². The molecule has 2 aromatic rings. The fraction of sp³-hybridized carbons (Fsp3) is 0.529. The van der Waals surface area contributed by atoms with Crippen molar-refractivity contribution in [2.45, 2.75) is 24.9 Å². The number of ether oxygens (including phenoxy) is 1. The molecule has 0 atom stereocenters. The number of hydrogen-bond donors (Lipinski definition) is 1. The van der Waals surface area contributed by atoms with E-state index in [1.54, 1.807) is 37.8 Å². The van der Waals surface area contributed by atoms with Crippen LogP contribution in [0.4, 0.5) is 5.82 Å². The first-order valence-electron chi connectivity index (χ1n) is 8.84. The molecule has 0 bridgehead atoms. The molecule has 1 fully saturated rings. The number of rotatable bonds is 3. The van der Waals surface area contributed by atoms with E-state index in [4.69, 9.17) is 10.5 Å². The first-order valence-corrected chi connectivity index (χ1v) is 11.1. The lowest BCUT2D eigenvalue weighted by atomic mass is 9.83. The smallest absolute Gasteiger partial charge is 0.281 e. The van der Waals surface area contributed by atoms with Gasteiger partial charge in [0.1, 0.15) is 5.82 Å². The lowest BCUT2D eigenvalue weighted by Crippen LogP contribution is -2.50. The van der Waals surface area contributed by atoms with Crippen LogP contribution < -0.4 is 5.73 Å². The van der Waals surface area contributed by atoms with Crippen molar-refractivity contribution in [3.8, 4) is 10.6 Å². The van der Waals surface area contributed by atoms with Crippen LogP contribution in [0.2, 0.25) is 0 Å². The number of nitrogen functional groups attached to an aromatic ring is 1. The molecule has 0 saturated carbocycles. The number of nitrogens with zero attached hydrogens (tertiary/aromatic N) is 4. The summed E-state index contributed by atoms with van der Waals surface area (Å²) in [7, 11) is -0.264. The van der Waals surface area contributed by atoms with Gasteiger partial charge in [0.05, 0.1) is 35.2 Å². The van der Waals surface area contributed by atoms with Crippen LogP contribution in [-0.2, 0) is 27.0 Å². The van der Waals surface area contributed by atoms with Crippen molar-refractivity contribution in [3.05, 3.63) is 28.9 Å². The Kier molecular flexibility index (Phi) is 4.71. The maximum atomic E-state index is 12.4. The zero-order valence-corrected chi connectivity index (χ0v) is 17.0. The highest BCUT2D eigenvalue weighted by Gasteiger charge is 2.44. The molecule has 1 saturated heterocycles. The molecule has 2 aliphatic heterocycles. The van der Waals surface area contributed by atoms with Gasteiger partial charge in [-0.3, -0.25) is 0 Å². The third-order valence-corrected chi connectivity index (χ3v) is 8.41. The highest BCUT2D eigenvalue weighted by Crippen LogP contribution is 2.46. The third-order valence-electron chi connectivity index (χ3n) is 5.25. The van der Waals surface area contributed by atoms with Crippen LogP contribution in [0.15, 0.2) is 18.5 Å². The summed E-state index contributed by atoms with van der Waals surface area (Å²) in [6.45, 7) is 1.56. The molecule has 0 aromatic carbocycles. The van der Waals surface area contributed by atoms with E-state index in [0.717, 1.165) is 17.0 Å². The Morgan fingerprint density at radius 2 is 2.00 bits per heavy atom. The predicted molar refractivity (Wildman–Crippen MR) is 105 cm³/mol. The highest BCUT2D eigenvalue weighted by atomic mass is 32.2. The second-order valence-corrected chi connectivity index (χ2v) is 10.3. The summed E-state index contributed by atoms with van der Waals surface area (Å²) in [5.41, 5.74) is 7.19. The summed E-state index contributed by atoms with van der Waals surface area (Å²) in [5, 5.41) is 0. The Balaban J connectivity index is 1.62. The molecule has 0 amide bonds. The fourth-order valence-electron chi connectivity index (χ4n) is 3.73. The lowest BCUT2D eigenvalue weighted by molar-refractivity contribution is -0.0885. The van der Waals surface area contributed by atoms with E-state index < -0.39 is 15.8 Å². The molecule has 2 aromatic heterocycles. The van der Waals surface area contributed by atoms with E-state index in [-0.39, 0.29) is 0 Å². The molecular weight excluding hydrogens is 386 g/mol. The van der Waals surface area contributed by atoms with Gasteiger partial charge in [0, 0.05) is 38.5 Å². The van der Waals surface area contributed by atoms with Crippen molar-refractivity contribution < 1.29 is 13.2 Å². The molecule has 10 heteroatoms. The van der Waals surface area contributed by atoms with E-state index in [2.05, 4.69) is 16.0 Å². The molecule has 8 nitrogen and oxygen atoms in total. The van der Waals surface area contributed by atoms with Crippen molar-refractivity contribution in [1.29, 1.82) is 0 Å². The van der Waals surface area contributed by atoms with E-state index in [1.165, 1.54) is 19.1 Å². The van der Waals surface area contributed by atoms with E-state index in [9.17, 15) is 8.42 Å². The Morgan fingerprint density at radius 3 is 2.63 bits per heavy atom. The van der Waals surface area contributed by atoms with Crippen LogP contribution in [0.1, 0.15) is 23.3 Å². The summed E-state index contributed by atoms with van der Waals surface area (Å²) in [5.74, 6) is 0.398. The Bertz CT molecular complexity index is 932. The zero-order valence-electron chi connectivity index (χ0n) is 15.4. The number of anilines is 1. The van der Waals surface area contributed by atoms with E-state index in [1.807, 2.05) is 0 Å². The third kappa shape index (κ3) is 3.25. The molecule has 0 aliphatic carbocycles. The van der Waals surface area contributed by atoms with Gasteiger partial charge in [0.25, 0.3) is 10.2 Å². The van der Waals surface area contributed by atoms with Crippen LogP contribution in [-0.4, -0.2) is 60.8 Å². The van der Waals surface area contributed by atoms with Gasteiger partial charge in [-0.15, -0.1) is 11.3 Å². The number of hydrogen-bond acceptors (Lipinski definition) is 7. The summed E-state index contributed by atoms with van der Waals surface area (Å²) >= 11 is 1.71. The van der Waals surface area contributed by atoms with Gasteiger partial charge in [-0.2, -0.15) is 17.0 Å². The van der Waals surface area contributed by atoms with Gasteiger partial charge in [-0.1, -0.05) is 0 Å². The van der Waals surface area contributed by atoms with Crippen molar-refractivity contribution >= 4 is 27.4 Å². The first-order chi connectivity index (χ1) is 12.8. The van der Waals surface area contributed by atoms with Gasteiger partial charge in [0.15, 0.2) is 0 Å². The van der Waals surface area contributed by atoms with Gasteiger partial charge in [-0.25, -0.2) is 9.97 Å². The molecule has 4 heterocycles. The molecule has 0 radical (unpaired) electrons. The monoisotopic (exact) mass is 409 g/mol. The Morgan fingerprint density at radius 1 is 1.26 bits per heavy atom. The Labute approximate surface area is 163 Å². The molecule has 2 aliphatic rings. The number of aromatic nitrogens is 2. The number of fused-ring (bicyclic) bond motifs is 2. The molecule has 146 valence electrons. The molecule has 27 heavy (non-hydrogen) atoms.